The molecule has 0 aliphatic heterocycles. The number of hydrogen-bond acceptors (Lipinski definition) is 4. The first kappa shape index (κ1) is 13.7. The molecule has 0 aliphatic carbocycles. The lowest BCUT2D eigenvalue weighted by Crippen LogP contribution is -2.02. The quantitative estimate of drug-likeness (QED) is 0.583. The van der Waals surface area contributed by atoms with Crippen LogP contribution in [0.25, 0.3) is 16.9 Å². The Morgan fingerprint density at radius 1 is 1.24 bits per heavy atom. The second kappa shape index (κ2) is 5.27. The van der Waals surface area contributed by atoms with Crippen molar-refractivity contribution in [1.29, 1.82) is 0 Å². The Morgan fingerprint density at radius 2 is 1.95 bits per heavy atom. The average Bonchev–Trinajstić information content (AvgIpc) is 2.85. The van der Waals surface area contributed by atoms with Gasteiger partial charge in [0.1, 0.15) is 5.65 Å². The molecule has 0 atom stereocenters. The number of nitro groups is 1. The van der Waals surface area contributed by atoms with Crippen LogP contribution < -0.4 is 5.73 Å². The molecule has 2 aromatic heterocycles. The van der Waals surface area contributed by atoms with Gasteiger partial charge in [0.2, 0.25) is 0 Å². The third kappa shape index (κ3) is 2.41. The van der Waals surface area contributed by atoms with Crippen molar-refractivity contribution in [2.24, 2.45) is 5.73 Å². The Bertz CT molecular complexity index is 827. The molecule has 2 N–H and O–H groups in total. The number of non-ortho nitro benzene ring substituents is 1. The summed E-state index contributed by atoms with van der Waals surface area (Å²) in [6.45, 7) is 0.323. The number of aromatic nitrogens is 2. The highest BCUT2D eigenvalue weighted by Crippen LogP contribution is 2.27. The molecule has 0 saturated heterocycles. The summed E-state index contributed by atoms with van der Waals surface area (Å²) in [5, 5.41) is 10.7. The number of rotatable bonds is 3. The molecule has 3 rings (SSSR count). The van der Waals surface area contributed by atoms with Crippen LogP contribution in [0.4, 0.5) is 5.69 Å². The largest absolute Gasteiger partial charge is 0.325 e. The van der Waals surface area contributed by atoms with E-state index >= 15 is 0 Å². The van der Waals surface area contributed by atoms with Gasteiger partial charge in [0.25, 0.3) is 5.69 Å². The van der Waals surface area contributed by atoms with Crippen molar-refractivity contribution in [1.82, 2.24) is 9.38 Å². The van der Waals surface area contributed by atoms with Gasteiger partial charge in [-0.1, -0.05) is 0 Å². The van der Waals surface area contributed by atoms with Crippen molar-refractivity contribution in [3.63, 3.8) is 0 Å². The summed E-state index contributed by atoms with van der Waals surface area (Å²) in [6, 6.07) is 10.1. The number of halogens is 1. The molecule has 7 heteroatoms. The van der Waals surface area contributed by atoms with E-state index in [1.54, 1.807) is 12.1 Å². The summed E-state index contributed by atoms with van der Waals surface area (Å²) in [4.78, 5) is 14.9. The summed E-state index contributed by atoms with van der Waals surface area (Å²) < 4.78 is 2.85. The van der Waals surface area contributed by atoms with Gasteiger partial charge < -0.3 is 10.1 Å². The number of nitrogens with two attached hydrogens (primary N) is 1. The summed E-state index contributed by atoms with van der Waals surface area (Å²) in [5.74, 6) is 0. The molecule has 6 nitrogen and oxygen atoms in total. The molecule has 3 aromatic rings. The maximum atomic E-state index is 10.7. The zero-order valence-corrected chi connectivity index (χ0v) is 12.4. The Balaban J connectivity index is 2.17. The van der Waals surface area contributed by atoms with E-state index in [1.807, 2.05) is 22.7 Å². The topological polar surface area (TPSA) is 86.5 Å². The van der Waals surface area contributed by atoms with Gasteiger partial charge in [0.05, 0.1) is 16.3 Å². The predicted molar refractivity (Wildman–Crippen MR) is 82.9 cm³/mol. The number of hydrogen-bond donors (Lipinski definition) is 1. The van der Waals surface area contributed by atoms with E-state index in [0.717, 1.165) is 27.1 Å². The number of pyridine rings is 1. The zero-order valence-electron chi connectivity index (χ0n) is 10.9. The molecule has 1 aromatic carbocycles. The summed E-state index contributed by atoms with van der Waals surface area (Å²) >= 11 is 3.42. The molecule has 21 heavy (non-hydrogen) atoms. The minimum atomic E-state index is -0.422. The van der Waals surface area contributed by atoms with Crippen LogP contribution >= 0.6 is 15.9 Å². The van der Waals surface area contributed by atoms with E-state index in [4.69, 9.17) is 5.73 Å². The monoisotopic (exact) mass is 346 g/mol. The van der Waals surface area contributed by atoms with Crippen molar-refractivity contribution in [3.8, 4) is 11.3 Å². The van der Waals surface area contributed by atoms with E-state index in [0.29, 0.717) is 6.54 Å². The molecule has 0 bridgehead atoms. The standard InChI is InChI=1S/C14H11BrN4O2/c15-10-3-6-13-17-14(12(7-16)18(13)8-10)9-1-4-11(5-2-9)19(20)21/h1-6,8H,7,16H2. The van der Waals surface area contributed by atoms with Gasteiger partial charge in [0.15, 0.2) is 0 Å². The normalized spacial score (nSPS) is 11.0. The van der Waals surface area contributed by atoms with Gasteiger partial charge in [-0.15, -0.1) is 0 Å². The van der Waals surface area contributed by atoms with Crippen LogP contribution in [-0.4, -0.2) is 14.3 Å². The molecular formula is C14H11BrN4O2. The third-order valence-corrected chi connectivity index (χ3v) is 3.70. The number of benzene rings is 1. The minimum Gasteiger partial charge on any atom is -0.325 e. The van der Waals surface area contributed by atoms with Gasteiger partial charge in [-0.2, -0.15) is 0 Å². The lowest BCUT2D eigenvalue weighted by molar-refractivity contribution is -0.384. The molecule has 0 saturated carbocycles. The van der Waals surface area contributed by atoms with Gasteiger partial charge in [-0.3, -0.25) is 10.1 Å². The van der Waals surface area contributed by atoms with E-state index < -0.39 is 4.92 Å². The van der Waals surface area contributed by atoms with Crippen molar-refractivity contribution >= 4 is 27.3 Å². The number of nitro benzene ring substituents is 1. The van der Waals surface area contributed by atoms with Crippen LogP contribution in [-0.2, 0) is 6.54 Å². The molecule has 0 unspecified atom stereocenters. The molecule has 0 radical (unpaired) electrons. The highest BCUT2D eigenvalue weighted by Gasteiger charge is 2.14. The van der Waals surface area contributed by atoms with E-state index in [1.165, 1.54) is 12.1 Å². The molecular weight excluding hydrogens is 336 g/mol. The van der Waals surface area contributed by atoms with Crippen molar-refractivity contribution in [2.75, 3.05) is 0 Å². The summed E-state index contributed by atoms with van der Waals surface area (Å²) in [5.41, 5.74) is 9.09. The van der Waals surface area contributed by atoms with Crippen LogP contribution in [0.1, 0.15) is 5.69 Å². The third-order valence-electron chi connectivity index (χ3n) is 3.23. The summed E-state index contributed by atoms with van der Waals surface area (Å²) in [7, 11) is 0. The van der Waals surface area contributed by atoms with Gasteiger partial charge >= 0.3 is 0 Å². The fourth-order valence-corrected chi connectivity index (χ4v) is 2.57. The lowest BCUT2D eigenvalue weighted by atomic mass is 10.1. The zero-order chi connectivity index (χ0) is 15.0. The van der Waals surface area contributed by atoms with Crippen LogP contribution in [0.2, 0.25) is 0 Å². The molecule has 0 aliphatic rings. The maximum absolute atomic E-state index is 10.7. The number of imidazole rings is 1. The highest BCUT2D eigenvalue weighted by atomic mass is 79.9. The second-order valence-corrected chi connectivity index (χ2v) is 5.41. The van der Waals surface area contributed by atoms with Crippen molar-refractivity contribution < 1.29 is 4.92 Å². The molecule has 2 heterocycles. The molecule has 0 spiro atoms. The average molecular weight is 347 g/mol. The molecule has 0 amide bonds. The van der Waals surface area contributed by atoms with Crippen molar-refractivity contribution in [2.45, 2.75) is 6.54 Å². The molecule has 0 fully saturated rings. The first-order valence-electron chi connectivity index (χ1n) is 6.21. The van der Waals surface area contributed by atoms with Gasteiger partial charge in [-0.25, -0.2) is 4.98 Å². The van der Waals surface area contributed by atoms with E-state index in [2.05, 4.69) is 20.9 Å². The highest BCUT2D eigenvalue weighted by molar-refractivity contribution is 9.10. The van der Waals surface area contributed by atoms with Crippen LogP contribution in [0.5, 0.6) is 0 Å². The van der Waals surface area contributed by atoms with Crippen LogP contribution in [0, 0.1) is 10.1 Å². The number of nitrogens with zero attached hydrogens (tertiary/aromatic N) is 3. The Hall–Kier alpha value is -2.25. The first-order valence-corrected chi connectivity index (χ1v) is 7.01. The van der Waals surface area contributed by atoms with E-state index in [-0.39, 0.29) is 5.69 Å². The van der Waals surface area contributed by atoms with Crippen LogP contribution in [0.3, 0.4) is 0 Å². The lowest BCUT2D eigenvalue weighted by Gasteiger charge is -2.02. The van der Waals surface area contributed by atoms with Gasteiger partial charge in [0, 0.05) is 34.9 Å². The van der Waals surface area contributed by atoms with Crippen molar-refractivity contribution in [3.05, 3.63) is 62.9 Å². The SMILES string of the molecule is NCc1c(-c2ccc([N+](=O)[O-])cc2)nc2ccc(Br)cn12. The molecule has 106 valence electrons. The number of fused-ring (bicyclic) bond motifs is 1. The Kier molecular flexibility index (Phi) is 3.44. The minimum absolute atomic E-state index is 0.0551. The first-order chi connectivity index (χ1) is 10.1. The predicted octanol–water partition coefficient (Wildman–Crippen LogP) is 3.13. The van der Waals surface area contributed by atoms with Gasteiger partial charge in [-0.05, 0) is 40.2 Å². The maximum Gasteiger partial charge on any atom is 0.269 e. The smallest absolute Gasteiger partial charge is 0.269 e. The summed E-state index contributed by atoms with van der Waals surface area (Å²) in [6.07, 6.45) is 1.90. The van der Waals surface area contributed by atoms with E-state index in [9.17, 15) is 10.1 Å². The second-order valence-electron chi connectivity index (χ2n) is 4.49. The fraction of sp³-hybridized carbons (Fsp3) is 0.0714. The Morgan fingerprint density at radius 3 is 2.57 bits per heavy atom. The fourth-order valence-electron chi connectivity index (χ4n) is 2.23. The van der Waals surface area contributed by atoms with Crippen LogP contribution in [0.15, 0.2) is 47.1 Å². The Labute approximate surface area is 128 Å².